The van der Waals surface area contributed by atoms with E-state index in [0.717, 1.165) is 16.7 Å². The molecule has 0 radical (unpaired) electrons. The zero-order valence-electron chi connectivity index (χ0n) is 29.6. The predicted molar refractivity (Wildman–Crippen MR) is 184 cm³/mol. The van der Waals surface area contributed by atoms with Gasteiger partial charge in [-0.2, -0.15) is 0 Å². The standard InChI is InChI=1S/C36H54N4O9/c1-35(2,3)48-32(43)38-28(20-25-10-8-7-9-11-25)30(41)22-37-23-31(42)29(39-33(44)49-36(4,5)6)21-26-12-14-27(15-13-26)24-47-34(45)40-16-18-46-19-17-40/h7-15,28-31,37,41-42H,16-24H2,1-6H3,(H,38,43)(H,39,44)/t28-,29+,30-,31?/m0/s1. The maximum absolute atomic E-state index is 12.7. The van der Waals surface area contributed by atoms with Crippen molar-refractivity contribution in [2.45, 2.75) is 96.5 Å². The van der Waals surface area contributed by atoms with Gasteiger partial charge in [-0.25, -0.2) is 14.4 Å². The number of carbonyl (C=O) groups is 3. The Morgan fingerprint density at radius 1 is 0.735 bits per heavy atom. The van der Waals surface area contributed by atoms with E-state index in [2.05, 4.69) is 16.0 Å². The molecule has 49 heavy (non-hydrogen) atoms. The summed E-state index contributed by atoms with van der Waals surface area (Å²) in [6.45, 7) is 12.7. The quantitative estimate of drug-likeness (QED) is 0.186. The van der Waals surface area contributed by atoms with Crippen LogP contribution in [0.25, 0.3) is 0 Å². The summed E-state index contributed by atoms with van der Waals surface area (Å²) in [5.41, 5.74) is 1.10. The van der Waals surface area contributed by atoms with Crippen LogP contribution in [0, 0.1) is 0 Å². The van der Waals surface area contributed by atoms with Crippen LogP contribution in [-0.4, -0.2) is 108 Å². The molecule has 0 aliphatic carbocycles. The molecule has 1 aliphatic rings. The summed E-state index contributed by atoms with van der Waals surface area (Å²) in [6, 6.07) is 15.4. The highest BCUT2D eigenvalue weighted by Gasteiger charge is 2.28. The van der Waals surface area contributed by atoms with Crippen molar-refractivity contribution in [2.24, 2.45) is 0 Å². The molecule has 13 nitrogen and oxygen atoms in total. The number of amides is 3. The first kappa shape index (κ1) is 39.5. The number of nitrogens with one attached hydrogen (secondary N) is 3. The van der Waals surface area contributed by atoms with Crippen molar-refractivity contribution in [3.63, 3.8) is 0 Å². The van der Waals surface area contributed by atoms with Crippen molar-refractivity contribution in [2.75, 3.05) is 39.4 Å². The lowest BCUT2D eigenvalue weighted by molar-refractivity contribution is 0.0249. The lowest BCUT2D eigenvalue weighted by atomic mass is 9.99. The van der Waals surface area contributed by atoms with Gasteiger partial charge in [0.05, 0.1) is 37.5 Å². The van der Waals surface area contributed by atoms with Crippen molar-refractivity contribution in [1.82, 2.24) is 20.9 Å². The summed E-state index contributed by atoms with van der Waals surface area (Å²) in [5, 5.41) is 31.0. The molecule has 2 aromatic rings. The molecule has 4 atom stereocenters. The van der Waals surface area contributed by atoms with Gasteiger partial charge >= 0.3 is 18.3 Å². The second-order valence-corrected chi connectivity index (χ2v) is 14.2. The molecule has 0 bridgehead atoms. The third kappa shape index (κ3) is 15.5. The van der Waals surface area contributed by atoms with Crippen LogP contribution in [0.2, 0.25) is 0 Å². The van der Waals surface area contributed by atoms with Gasteiger partial charge in [-0.3, -0.25) is 0 Å². The number of nitrogens with zero attached hydrogens (tertiary/aromatic N) is 1. The van der Waals surface area contributed by atoms with Gasteiger partial charge in [-0.05, 0) is 71.1 Å². The van der Waals surface area contributed by atoms with Crippen molar-refractivity contribution in [1.29, 1.82) is 0 Å². The van der Waals surface area contributed by atoms with Crippen LogP contribution in [0.1, 0.15) is 58.2 Å². The van der Waals surface area contributed by atoms with Crippen molar-refractivity contribution in [3.8, 4) is 0 Å². The monoisotopic (exact) mass is 686 g/mol. The Bertz CT molecular complexity index is 1310. The Labute approximate surface area is 289 Å². The third-order valence-electron chi connectivity index (χ3n) is 7.45. The minimum atomic E-state index is -1.07. The second-order valence-electron chi connectivity index (χ2n) is 14.2. The van der Waals surface area contributed by atoms with Gasteiger partial charge in [0.1, 0.15) is 17.8 Å². The SMILES string of the molecule is CC(C)(C)OC(=O)N[C@@H](Cc1ccccc1)[C@@H](O)CNCC(O)[C@@H](Cc1ccc(COC(=O)N2CCOCC2)cc1)NC(=O)OC(C)(C)C. The van der Waals surface area contributed by atoms with E-state index in [0.29, 0.717) is 32.7 Å². The van der Waals surface area contributed by atoms with Gasteiger partial charge < -0.3 is 50.0 Å². The molecule has 272 valence electrons. The number of carbonyl (C=O) groups excluding carboxylic acids is 3. The third-order valence-corrected chi connectivity index (χ3v) is 7.45. The molecule has 1 unspecified atom stereocenters. The minimum Gasteiger partial charge on any atom is -0.445 e. The Hall–Kier alpha value is -3.91. The van der Waals surface area contributed by atoms with Crippen LogP contribution < -0.4 is 16.0 Å². The van der Waals surface area contributed by atoms with E-state index in [1.807, 2.05) is 54.6 Å². The minimum absolute atomic E-state index is 0.0254. The molecule has 13 heteroatoms. The average molecular weight is 687 g/mol. The van der Waals surface area contributed by atoms with E-state index in [9.17, 15) is 24.6 Å². The molecule has 2 aromatic carbocycles. The highest BCUT2D eigenvalue weighted by molar-refractivity contribution is 5.69. The van der Waals surface area contributed by atoms with Crippen molar-refractivity contribution < 1.29 is 43.5 Å². The molecular formula is C36H54N4O9. The van der Waals surface area contributed by atoms with Gasteiger partial charge in [0.2, 0.25) is 0 Å². The molecule has 3 rings (SSSR count). The normalized spacial score (nSPS) is 16.1. The van der Waals surface area contributed by atoms with Gasteiger partial charge in [-0.15, -0.1) is 0 Å². The van der Waals surface area contributed by atoms with Gasteiger partial charge in [0.25, 0.3) is 0 Å². The Kier molecular flexibility index (Phi) is 15.1. The number of aliphatic hydroxyl groups is 2. The number of aliphatic hydroxyl groups excluding tert-OH is 2. The van der Waals surface area contributed by atoms with Crippen LogP contribution in [0.3, 0.4) is 0 Å². The van der Waals surface area contributed by atoms with E-state index in [4.69, 9.17) is 18.9 Å². The Balaban J connectivity index is 1.61. The van der Waals surface area contributed by atoms with Crippen molar-refractivity contribution in [3.05, 3.63) is 71.3 Å². The summed E-state index contributed by atoms with van der Waals surface area (Å²) in [7, 11) is 0. The number of benzene rings is 2. The number of ether oxygens (including phenoxy) is 4. The lowest BCUT2D eigenvalue weighted by Gasteiger charge is -2.29. The summed E-state index contributed by atoms with van der Waals surface area (Å²) < 4.78 is 21.6. The zero-order chi connectivity index (χ0) is 36.0. The predicted octanol–water partition coefficient (Wildman–Crippen LogP) is 3.54. The van der Waals surface area contributed by atoms with Crippen LogP contribution in [-0.2, 0) is 38.4 Å². The van der Waals surface area contributed by atoms with E-state index in [1.54, 1.807) is 46.4 Å². The molecule has 1 fully saturated rings. The van der Waals surface area contributed by atoms with E-state index >= 15 is 0 Å². The zero-order valence-corrected chi connectivity index (χ0v) is 29.6. The van der Waals surface area contributed by atoms with Crippen LogP contribution in [0.15, 0.2) is 54.6 Å². The molecule has 0 spiro atoms. The number of rotatable bonds is 14. The van der Waals surface area contributed by atoms with Crippen LogP contribution >= 0.6 is 0 Å². The number of alkyl carbamates (subject to hydrolysis) is 2. The van der Waals surface area contributed by atoms with Crippen molar-refractivity contribution >= 4 is 18.3 Å². The molecule has 0 aromatic heterocycles. The maximum atomic E-state index is 12.7. The first-order valence-corrected chi connectivity index (χ1v) is 16.7. The van der Waals surface area contributed by atoms with Crippen LogP contribution in [0.4, 0.5) is 14.4 Å². The summed E-state index contributed by atoms with van der Waals surface area (Å²) in [5.74, 6) is 0. The first-order valence-electron chi connectivity index (χ1n) is 16.7. The molecule has 3 amide bonds. The lowest BCUT2D eigenvalue weighted by Crippen LogP contribution is -2.53. The average Bonchev–Trinajstić information content (AvgIpc) is 3.02. The molecule has 0 saturated carbocycles. The molecule has 1 heterocycles. The number of morpholine rings is 1. The fourth-order valence-corrected chi connectivity index (χ4v) is 5.02. The van der Waals surface area contributed by atoms with Gasteiger partial charge in [-0.1, -0.05) is 54.6 Å². The summed E-state index contributed by atoms with van der Waals surface area (Å²) in [6.07, 6.45) is -3.17. The summed E-state index contributed by atoms with van der Waals surface area (Å²) >= 11 is 0. The maximum Gasteiger partial charge on any atom is 0.410 e. The summed E-state index contributed by atoms with van der Waals surface area (Å²) in [4.78, 5) is 39.2. The molecule has 5 N–H and O–H groups in total. The molecular weight excluding hydrogens is 632 g/mol. The number of hydrogen-bond acceptors (Lipinski definition) is 10. The van der Waals surface area contributed by atoms with Crippen LogP contribution in [0.5, 0.6) is 0 Å². The Morgan fingerprint density at radius 3 is 1.65 bits per heavy atom. The number of hydrogen-bond donors (Lipinski definition) is 5. The van der Waals surface area contributed by atoms with E-state index in [1.165, 1.54) is 0 Å². The highest BCUT2D eigenvalue weighted by Crippen LogP contribution is 2.14. The topological polar surface area (TPSA) is 168 Å². The van der Waals surface area contributed by atoms with E-state index in [-0.39, 0.29) is 32.2 Å². The Morgan fingerprint density at radius 2 is 1.18 bits per heavy atom. The molecule has 1 aliphatic heterocycles. The highest BCUT2D eigenvalue weighted by atomic mass is 16.6. The largest absolute Gasteiger partial charge is 0.445 e. The fourth-order valence-electron chi connectivity index (χ4n) is 5.02. The van der Waals surface area contributed by atoms with E-state index < -0.39 is 47.7 Å². The second kappa shape index (κ2) is 18.7. The van der Waals surface area contributed by atoms with Gasteiger partial charge in [0.15, 0.2) is 0 Å². The fraction of sp³-hybridized carbons (Fsp3) is 0.583. The smallest absolute Gasteiger partial charge is 0.410 e. The molecule has 1 saturated heterocycles. The first-order chi connectivity index (χ1) is 23.1. The van der Waals surface area contributed by atoms with Gasteiger partial charge in [0, 0.05) is 26.2 Å².